The topological polar surface area (TPSA) is 85.7 Å². The Balaban J connectivity index is 1.35. The molecule has 1 aliphatic rings. The second-order valence-electron chi connectivity index (χ2n) is 7.50. The molecule has 166 valence electrons. The molecule has 1 aromatic heterocycles. The van der Waals surface area contributed by atoms with Gasteiger partial charge in [0, 0.05) is 18.7 Å². The molecule has 0 radical (unpaired) electrons. The van der Waals surface area contributed by atoms with Gasteiger partial charge in [0.2, 0.25) is 5.91 Å². The number of ether oxygens (including phenoxy) is 2. The van der Waals surface area contributed by atoms with Crippen molar-refractivity contribution in [2.24, 2.45) is 0 Å². The van der Waals surface area contributed by atoms with E-state index in [1.54, 1.807) is 29.9 Å². The van der Waals surface area contributed by atoms with E-state index in [1.165, 1.54) is 0 Å². The van der Waals surface area contributed by atoms with Gasteiger partial charge in [-0.1, -0.05) is 18.2 Å². The highest BCUT2D eigenvalue weighted by atomic mass is 16.5. The molecule has 0 spiro atoms. The first-order valence-electron chi connectivity index (χ1n) is 10.5. The largest absolute Gasteiger partial charge is 0.497 e. The molecule has 0 saturated heterocycles. The molecule has 8 heteroatoms. The zero-order valence-corrected chi connectivity index (χ0v) is 18.2. The number of rotatable bonds is 8. The van der Waals surface area contributed by atoms with Crippen molar-refractivity contribution in [1.82, 2.24) is 20.0 Å². The van der Waals surface area contributed by atoms with Gasteiger partial charge in [0.25, 0.3) is 5.91 Å². The Morgan fingerprint density at radius 2 is 1.84 bits per heavy atom. The number of carbonyl (C=O) groups excluding carboxylic acids is 2. The zero-order valence-electron chi connectivity index (χ0n) is 18.2. The quantitative estimate of drug-likeness (QED) is 0.588. The Labute approximate surface area is 186 Å². The number of methoxy groups -OCH3 is 2. The molecule has 1 N–H and O–H groups in total. The molecule has 8 nitrogen and oxygen atoms in total. The summed E-state index contributed by atoms with van der Waals surface area (Å²) in [6.07, 6.45) is 0.654. The third-order valence-electron chi connectivity index (χ3n) is 5.50. The summed E-state index contributed by atoms with van der Waals surface area (Å²) < 4.78 is 12.2. The van der Waals surface area contributed by atoms with Crippen molar-refractivity contribution < 1.29 is 19.1 Å². The molecule has 0 unspecified atom stereocenters. The minimum atomic E-state index is -0.191. The van der Waals surface area contributed by atoms with Gasteiger partial charge in [-0.3, -0.25) is 14.3 Å². The molecule has 0 aliphatic carbocycles. The first-order valence-corrected chi connectivity index (χ1v) is 10.5. The predicted molar refractivity (Wildman–Crippen MR) is 120 cm³/mol. The average Bonchev–Trinajstić information content (AvgIpc) is 3.26. The summed E-state index contributed by atoms with van der Waals surface area (Å²) in [5.74, 6) is 1.19. The molecule has 4 rings (SSSR count). The van der Waals surface area contributed by atoms with E-state index in [9.17, 15) is 9.59 Å². The van der Waals surface area contributed by atoms with Gasteiger partial charge in [0.05, 0.1) is 33.0 Å². The number of para-hydroxylation sites is 1. The summed E-state index contributed by atoms with van der Waals surface area (Å²) in [7, 11) is 3.25. The number of nitrogens with one attached hydrogen (secondary N) is 1. The maximum atomic E-state index is 12.9. The molecule has 2 amide bonds. The molecule has 0 fully saturated rings. The Hall–Kier alpha value is -3.81. The van der Waals surface area contributed by atoms with Gasteiger partial charge in [0.15, 0.2) is 0 Å². The van der Waals surface area contributed by atoms with Crippen LogP contribution in [0.3, 0.4) is 0 Å². The molecule has 0 atom stereocenters. The van der Waals surface area contributed by atoms with E-state index in [4.69, 9.17) is 9.47 Å². The fraction of sp³-hybridized carbons (Fsp3) is 0.292. The van der Waals surface area contributed by atoms with Crippen molar-refractivity contribution in [1.29, 1.82) is 0 Å². The number of benzene rings is 2. The standard InChI is InChI=1S/C24H26N4O4/c1-31-19-9-7-17(8-10-19)20-15-21-24(30)27(13-14-28(21)26-20)16-23(29)25-12-11-18-5-3-4-6-22(18)32-2/h3-10,15H,11-14,16H2,1-2H3,(H,25,29). The number of amides is 2. The molecule has 32 heavy (non-hydrogen) atoms. The highest BCUT2D eigenvalue weighted by Gasteiger charge is 2.28. The second kappa shape index (κ2) is 9.55. The van der Waals surface area contributed by atoms with Crippen molar-refractivity contribution in [3.8, 4) is 22.8 Å². The van der Waals surface area contributed by atoms with Crippen molar-refractivity contribution >= 4 is 11.8 Å². The summed E-state index contributed by atoms with van der Waals surface area (Å²) in [5, 5.41) is 7.45. The summed E-state index contributed by atoms with van der Waals surface area (Å²) >= 11 is 0. The lowest BCUT2D eigenvalue weighted by Crippen LogP contribution is -2.46. The van der Waals surface area contributed by atoms with Crippen molar-refractivity contribution in [3.63, 3.8) is 0 Å². The Bertz CT molecular complexity index is 1110. The van der Waals surface area contributed by atoms with Gasteiger partial charge in [0.1, 0.15) is 17.2 Å². The van der Waals surface area contributed by atoms with E-state index in [0.717, 1.165) is 28.3 Å². The molecule has 2 aromatic carbocycles. The van der Waals surface area contributed by atoms with E-state index in [-0.39, 0.29) is 18.4 Å². The molecule has 0 bridgehead atoms. The van der Waals surface area contributed by atoms with Gasteiger partial charge < -0.3 is 19.7 Å². The van der Waals surface area contributed by atoms with E-state index >= 15 is 0 Å². The lowest BCUT2D eigenvalue weighted by atomic mass is 10.1. The van der Waals surface area contributed by atoms with Crippen LogP contribution < -0.4 is 14.8 Å². The first-order chi connectivity index (χ1) is 15.6. The van der Waals surface area contributed by atoms with Crippen LogP contribution in [-0.4, -0.2) is 60.3 Å². The third kappa shape index (κ3) is 4.59. The highest BCUT2D eigenvalue weighted by Crippen LogP contribution is 2.24. The normalized spacial score (nSPS) is 12.9. The summed E-state index contributed by atoms with van der Waals surface area (Å²) in [5.41, 5.74) is 3.14. The number of aromatic nitrogens is 2. The van der Waals surface area contributed by atoms with E-state index in [2.05, 4.69) is 10.4 Å². The monoisotopic (exact) mass is 434 g/mol. The van der Waals surface area contributed by atoms with Gasteiger partial charge in [-0.15, -0.1) is 0 Å². The lowest BCUT2D eigenvalue weighted by molar-refractivity contribution is -0.121. The van der Waals surface area contributed by atoms with Crippen LogP contribution in [0.1, 0.15) is 16.1 Å². The number of nitrogens with zero attached hydrogens (tertiary/aromatic N) is 3. The van der Waals surface area contributed by atoms with Crippen LogP contribution in [0, 0.1) is 0 Å². The summed E-state index contributed by atoms with van der Waals surface area (Å²) in [6.45, 7) is 1.48. The molecule has 2 heterocycles. The highest BCUT2D eigenvalue weighted by molar-refractivity contribution is 5.96. The van der Waals surface area contributed by atoms with Crippen molar-refractivity contribution in [2.75, 3.05) is 33.9 Å². The Morgan fingerprint density at radius 1 is 1.06 bits per heavy atom. The minimum Gasteiger partial charge on any atom is -0.497 e. The molecule has 1 aliphatic heterocycles. The zero-order chi connectivity index (χ0) is 22.5. The van der Waals surface area contributed by atoms with Crippen LogP contribution in [0.2, 0.25) is 0 Å². The molecular formula is C24H26N4O4. The maximum Gasteiger partial charge on any atom is 0.272 e. The van der Waals surface area contributed by atoms with Crippen LogP contribution in [0.25, 0.3) is 11.3 Å². The second-order valence-corrected chi connectivity index (χ2v) is 7.50. The van der Waals surface area contributed by atoms with Crippen molar-refractivity contribution in [2.45, 2.75) is 13.0 Å². The van der Waals surface area contributed by atoms with Crippen LogP contribution in [0.5, 0.6) is 11.5 Å². The predicted octanol–water partition coefficient (Wildman–Crippen LogP) is 2.38. The van der Waals surface area contributed by atoms with Crippen LogP contribution >= 0.6 is 0 Å². The Kier molecular flexibility index (Phi) is 6.39. The van der Waals surface area contributed by atoms with E-state index in [0.29, 0.717) is 31.7 Å². The molecule has 0 saturated carbocycles. The number of hydrogen-bond acceptors (Lipinski definition) is 5. The van der Waals surface area contributed by atoms with E-state index in [1.807, 2.05) is 48.5 Å². The smallest absolute Gasteiger partial charge is 0.272 e. The third-order valence-corrected chi connectivity index (χ3v) is 5.50. The molecular weight excluding hydrogens is 408 g/mol. The SMILES string of the molecule is COc1ccc(-c2cc3n(n2)CCN(CC(=O)NCCc2ccccc2OC)C3=O)cc1. The lowest BCUT2D eigenvalue weighted by Gasteiger charge is -2.26. The summed E-state index contributed by atoms with van der Waals surface area (Å²) in [4.78, 5) is 26.9. The average molecular weight is 434 g/mol. The van der Waals surface area contributed by atoms with Gasteiger partial charge in [-0.05, 0) is 48.4 Å². The van der Waals surface area contributed by atoms with Crippen molar-refractivity contribution in [3.05, 3.63) is 65.9 Å². The number of carbonyl (C=O) groups is 2. The first kappa shape index (κ1) is 21.4. The van der Waals surface area contributed by atoms with Crippen LogP contribution in [-0.2, 0) is 17.8 Å². The Morgan fingerprint density at radius 3 is 2.59 bits per heavy atom. The number of hydrogen-bond donors (Lipinski definition) is 1. The van der Waals surface area contributed by atoms with Gasteiger partial charge in [-0.2, -0.15) is 5.10 Å². The minimum absolute atomic E-state index is 0.0216. The van der Waals surface area contributed by atoms with E-state index < -0.39 is 0 Å². The van der Waals surface area contributed by atoms with Gasteiger partial charge >= 0.3 is 0 Å². The molecule has 3 aromatic rings. The summed E-state index contributed by atoms with van der Waals surface area (Å²) in [6, 6.07) is 17.0. The fourth-order valence-electron chi connectivity index (χ4n) is 3.77. The fourth-order valence-corrected chi connectivity index (χ4v) is 3.77. The van der Waals surface area contributed by atoms with Crippen LogP contribution in [0.4, 0.5) is 0 Å². The number of fused-ring (bicyclic) bond motifs is 1. The van der Waals surface area contributed by atoms with Crippen LogP contribution in [0.15, 0.2) is 54.6 Å². The van der Waals surface area contributed by atoms with Gasteiger partial charge in [-0.25, -0.2) is 0 Å². The maximum absolute atomic E-state index is 12.9.